The van der Waals surface area contributed by atoms with E-state index in [1.807, 2.05) is 32.0 Å². The van der Waals surface area contributed by atoms with Crippen molar-refractivity contribution >= 4 is 10.9 Å². The number of aromatic nitrogens is 1. The van der Waals surface area contributed by atoms with Crippen molar-refractivity contribution in [3.8, 4) is 22.6 Å². The molecule has 0 atom stereocenters. The summed E-state index contributed by atoms with van der Waals surface area (Å²) in [5, 5.41) is 11.1. The van der Waals surface area contributed by atoms with Gasteiger partial charge in [0.2, 0.25) is 0 Å². The molecule has 0 spiro atoms. The highest BCUT2D eigenvalue weighted by Crippen LogP contribution is 2.33. The van der Waals surface area contributed by atoms with Gasteiger partial charge in [-0.25, -0.2) is 0 Å². The van der Waals surface area contributed by atoms with Gasteiger partial charge < -0.3 is 14.8 Å². The lowest BCUT2D eigenvalue weighted by Gasteiger charge is -2.12. The topological polar surface area (TPSA) is 62.3 Å². The summed E-state index contributed by atoms with van der Waals surface area (Å²) in [6, 6.07) is 14.4. The van der Waals surface area contributed by atoms with Crippen LogP contribution in [-0.2, 0) is 0 Å². The van der Waals surface area contributed by atoms with Crippen molar-refractivity contribution in [2.24, 2.45) is 0 Å². The van der Waals surface area contributed by atoms with Crippen molar-refractivity contribution in [1.29, 1.82) is 0 Å². The Hall–Kier alpha value is -2.75. The molecule has 0 amide bonds. The summed E-state index contributed by atoms with van der Waals surface area (Å²) in [6.45, 7) is 3.87. The number of rotatable bonds is 3. The summed E-state index contributed by atoms with van der Waals surface area (Å²) in [5.74, 6) is 0.644. The monoisotopic (exact) mass is 295 g/mol. The largest absolute Gasteiger partial charge is 0.506 e. The van der Waals surface area contributed by atoms with Crippen LogP contribution < -0.4 is 10.3 Å². The first kappa shape index (κ1) is 14.2. The molecule has 0 bridgehead atoms. The highest BCUT2D eigenvalue weighted by atomic mass is 16.5. The molecule has 1 heterocycles. The minimum Gasteiger partial charge on any atom is -0.506 e. The van der Waals surface area contributed by atoms with Crippen LogP contribution in [0.2, 0.25) is 0 Å². The number of aromatic amines is 1. The van der Waals surface area contributed by atoms with Gasteiger partial charge in [-0.1, -0.05) is 30.3 Å². The first-order valence-corrected chi connectivity index (χ1v) is 7.17. The Labute approximate surface area is 128 Å². The summed E-state index contributed by atoms with van der Waals surface area (Å²) >= 11 is 0. The van der Waals surface area contributed by atoms with Crippen LogP contribution >= 0.6 is 0 Å². The van der Waals surface area contributed by atoms with Gasteiger partial charge in [0, 0.05) is 11.5 Å². The maximum absolute atomic E-state index is 12.3. The summed E-state index contributed by atoms with van der Waals surface area (Å²) in [5.41, 5.74) is 1.20. The molecule has 3 rings (SSSR count). The standard InChI is InChI=1S/C18H17NO3/c1-11(2)22-13-8-9-14-15(10-13)19-18(21)16(17(14)20)12-6-4-3-5-7-12/h3-11H,1-2H3,(H2,19,20,21). The molecule has 0 aliphatic heterocycles. The Morgan fingerprint density at radius 1 is 1.09 bits per heavy atom. The molecule has 2 aromatic carbocycles. The van der Waals surface area contributed by atoms with E-state index in [2.05, 4.69) is 4.98 Å². The van der Waals surface area contributed by atoms with E-state index in [0.717, 1.165) is 0 Å². The molecule has 2 N–H and O–H groups in total. The summed E-state index contributed by atoms with van der Waals surface area (Å²) in [7, 11) is 0. The van der Waals surface area contributed by atoms with E-state index >= 15 is 0 Å². The Morgan fingerprint density at radius 2 is 1.82 bits per heavy atom. The number of fused-ring (bicyclic) bond motifs is 1. The van der Waals surface area contributed by atoms with Crippen molar-refractivity contribution in [2.75, 3.05) is 0 Å². The minimum absolute atomic E-state index is 0.0129. The third kappa shape index (κ3) is 2.55. The SMILES string of the molecule is CC(C)Oc1ccc2c(O)c(-c3ccccc3)c(=O)[nH]c2c1. The van der Waals surface area contributed by atoms with Gasteiger partial charge in [0.1, 0.15) is 11.5 Å². The first-order valence-electron chi connectivity index (χ1n) is 7.17. The third-order valence-corrected chi connectivity index (χ3v) is 3.39. The molecule has 4 heteroatoms. The van der Waals surface area contributed by atoms with E-state index in [-0.39, 0.29) is 23.0 Å². The molecule has 0 aliphatic carbocycles. The van der Waals surface area contributed by atoms with Crippen molar-refractivity contribution in [1.82, 2.24) is 4.98 Å². The fourth-order valence-corrected chi connectivity index (χ4v) is 2.48. The van der Waals surface area contributed by atoms with Crippen LogP contribution in [0.15, 0.2) is 53.3 Å². The predicted molar refractivity (Wildman–Crippen MR) is 87.4 cm³/mol. The molecular weight excluding hydrogens is 278 g/mol. The van der Waals surface area contributed by atoms with Gasteiger partial charge in [-0.05, 0) is 31.5 Å². The van der Waals surface area contributed by atoms with E-state index in [4.69, 9.17) is 4.74 Å². The molecule has 0 aliphatic rings. The Balaban J connectivity index is 2.20. The smallest absolute Gasteiger partial charge is 0.260 e. The van der Waals surface area contributed by atoms with Crippen LogP contribution in [0.25, 0.3) is 22.0 Å². The lowest BCUT2D eigenvalue weighted by molar-refractivity contribution is 0.242. The van der Waals surface area contributed by atoms with Gasteiger partial charge in [-0.2, -0.15) is 0 Å². The number of benzene rings is 2. The van der Waals surface area contributed by atoms with E-state index in [0.29, 0.717) is 22.2 Å². The van der Waals surface area contributed by atoms with Crippen LogP contribution in [0.4, 0.5) is 0 Å². The lowest BCUT2D eigenvalue weighted by atomic mass is 10.0. The zero-order valence-electron chi connectivity index (χ0n) is 12.5. The van der Waals surface area contributed by atoms with Gasteiger partial charge in [-0.3, -0.25) is 4.79 Å². The average Bonchev–Trinajstić information content (AvgIpc) is 2.47. The molecule has 112 valence electrons. The number of pyridine rings is 1. The van der Waals surface area contributed by atoms with E-state index < -0.39 is 0 Å². The molecule has 0 fully saturated rings. The van der Waals surface area contributed by atoms with Gasteiger partial charge in [0.15, 0.2) is 0 Å². The van der Waals surface area contributed by atoms with Crippen LogP contribution in [0.5, 0.6) is 11.5 Å². The maximum atomic E-state index is 12.3. The molecule has 3 aromatic rings. The molecular formula is C18H17NO3. The second kappa shape index (κ2) is 5.56. The van der Waals surface area contributed by atoms with E-state index in [1.54, 1.807) is 30.3 Å². The summed E-state index contributed by atoms with van der Waals surface area (Å²) in [6.07, 6.45) is 0.0429. The highest BCUT2D eigenvalue weighted by Gasteiger charge is 2.14. The number of H-pyrrole nitrogens is 1. The van der Waals surface area contributed by atoms with E-state index in [9.17, 15) is 9.90 Å². The molecule has 22 heavy (non-hydrogen) atoms. The lowest BCUT2D eigenvalue weighted by Crippen LogP contribution is -2.10. The Bertz CT molecular complexity index is 867. The van der Waals surface area contributed by atoms with E-state index in [1.165, 1.54) is 0 Å². The third-order valence-electron chi connectivity index (χ3n) is 3.39. The number of aromatic hydroxyl groups is 1. The molecule has 0 saturated carbocycles. The number of hydrogen-bond donors (Lipinski definition) is 2. The Morgan fingerprint density at radius 3 is 2.50 bits per heavy atom. The molecule has 0 radical (unpaired) electrons. The fourth-order valence-electron chi connectivity index (χ4n) is 2.48. The second-order valence-electron chi connectivity index (χ2n) is 5.42. The molecule has 0 saturated heterocycles. The van der Waals surface area contributed by atoms with Crippen LogP contribution in [-0.4, -0.2) is 16.2 Å². The van der Waals surface area contributed by atoms with Gasteiger partial charge in [-0.15, -0.1) is 0 Å². The number of hydrogen-bond acceptors (Lipinski definition) is 3. The maximum Gasteiger partial charge on any atom is 0.260 e. The van der Waals surface area contributed by atoms with Crippen molar-refractivity contribution in [3.05, 3.63) is 58.9 Å². The molecule has 1 aromatic heterocycles. The second-order valence-corrected chi connectivity index (χ2v) is 5.42. The van der Waals surface area contributed by atoms with Gasteiger partial charge in [0.05, 0.1) is 17.2 Å². The average molecular weight is 295 g/mol. The summed E-state index contributed by atoms with van der Waals surface area (Å²) < 4.78 is 5.61. The zero-order chi connectivity index (χ0) is 15.7. The Kier molecular flexibility index (Phi) is 3.59. The number of ether oxygens (including phenoxy) is 1. The van der Waals surface area contributed by atoms with Crippen LogP contribution in [0, 0.1) is 0 Å². The van der Waals surface area contributed by atoms with Crippen molar-refractivity contribution < 1.29 is 9.84 Å². The quantitative estimate of drug-likeness (QED) is 0.774. The van der Waals surface area contributed by atoms with Gasteiger partial charge in [0.25, 0.3) is 5.56 Å². The first-order chi connectivity index (χ1) is 10.6. The minimum atomic E-state index is -0.321. The summed E-state index contributed by atoms with van der Waals surface area (Å²) in [4.78, 5) is 15.1. The number of nitrogens with one attached hydrogen (secondary N) is 1. The van der Waals surface area contributed by atoms with Crippen LogP contribution in [0.1, 0.15) is 13.8 Å². The molecule has 4 nitrogen and oxygen atoms in total. The predicted octanol–water partition coefficient (Wildman–Crippen LogP) is 3.69. The van der Waals surface area contributed by atoms with Crippen molar-refractivity contribution in [3.63, 3.8) is 0 Å². The fraction of sp³-hybridized carbons (Fsp3) is 0.167. The molecule has 0 unspecified atom stereocenters. The van der Waals surface area contributed by atoms with Crippen molar-refractivity contribution in [2.45, 2.75) is 20.0 Å². The normalized spacial score (nSPS) is 11.0. The zero-order valence-corrected chi connectivity index (χ0v) is 12.5. The highest BCUT2D eigenvalue weighted by molar-refractivity contribution is 5.92. The van der Waals surface area contributed by atoms with Gasteiger partial charge >= 0.3 is 0 Å². The van der Waals surface area contributed by atoms with Crippen LogP contribution in [0.3, 0.4) is 0 Å².